The Kier molecular flexibility index (Phi) is 5.13. The fraction of sp³-hybridized carbons (Fsp3) is 0.0769. The van der Waals surface area contributed by atoms with Crippen molar-refractivity contribution in [1.29, 1.82) is 0 Å². The van der Waals surface area contributed by atoms with Crippen LogP contribution in [0.4, 0.5) is 5.69 Å². The standard InChI is InChI=1S/C13H12ClNO.ClH/c14-11-6-7-13(12(15)8-11)16-9-10-4-2-1-3-5-10;/h1-8H,9,15H2;1H/p-1. The molecule has 0 saturated carbocycles. The van der Waals surface area contributed by atoms with E-state index < -0.39 is 0 Å². The van der Waals surface area contributed by atoms with Gasteiger partial charge in [0.1, 0.15) is 12.4 Å². The van der Waals surface area contributed by atoms with Crippen molar-refractivity contribution in [3.05, 3.63) is 59.1 Å². The van der Waals surface area contributed by atoms with Crippen LogP contribution in [0.15, 0.2) is 48.5 Å². The fourth-order valence-electron chi connectivity index (χ4n) is 1.39. The van der Waals surface area contributed by atoms with E-state index in [1.54, 1.807) is 18.2 Å². The molecule has 0 aromatic heterocycles. The largest absolute Gasteiger partial charge is 1.00 e. The van der Waals surface area contributed by atoms with Crippen molar-refractivity contribution >= 4 is 17.3 Å². The second-order valence-corrected chi connectivity index (χ2v) is 3.89. The molecule has 0 radical (unpaired) electrons. The molecule has 4 heteroatoms. The maximum absolute atomic E-state index is 5.80. The zero-order valence-corrected chi connectivity index (χ0v) is 10.6. The van der Waals surface area contributed by atoms with Gasteiger partial charge >= 0.3 is 0 Å². The number of anilines is 1. The van der Waals surface area contributed by atoms with Crippen molar-refractivity contribution in [3.63, 3.8) is 0 Å². The van der Waals surface area contributed by atoms with E-state index in [2.05, 4.69) is 0 Å². The molecule has 0 aliphatic rings. The van der Waals surface area contributed by atoms with E-state index in [1.165, 1.54) is 0 Å². The van der Waals surface area contributed by atoms with Crippen LogP contribution in [0.25, 0.3) is 0 Å². The first-order valence-electron chi connectivity index (χ1n) is 4.97. The third-order valence-corrected chi connectivity index (χ3v) is 2.44. The van der Waals surface area contributed by atoms with Crippen LogP contribution in [0.1, 0.15) is 5.56 Å². The van der Waals surface area contributed by atoms with E-state index in [0.29, 0.717) is 23.1 Å². The molecular formula is C13H12Cl2NO-. The number of nitrogen functional groups attached to an aromatic ring is 1. The average Bonchev–Trinajstić information content (AvgIpc) is 2.29. The summed E-state index contributed by atoms with van der Waals surface area (Å²) in [7, 11) is 0. The van der Waals surface area contributed by atoms with Gasteiger partial charge in [-0.05, 0) is 23.8 Å². The number of nitrogens with two attached hydrogens (primary N) is 1. The number of rotatable bonds is 3. The first kappa shape index (κ1) is 13.7. The summed E-state index contributed by atoms with van der Waals surface area (Å²) >= 11 is 5.80. The zero-order valence-electron chi connectivity index (χ0n) is 9.07. The van der Waals surface area contributed by atoms with Crippen LogP contribution in [0.2, 0.25) is 5.02 Å². The van der Waals surface area contributed by atoms with Crippen molar-refractivity contribution in [2.45, 2.75) is 6.61 Å². The van der Waals surface area contributed by atoms with Crippen molar-refractivity contribution in [1.82, 2.24) is 0 Å². The number of halogens is 2. The summed E-state index contributed by atoms with van der Waals surface area (Å²) in [6, 6.07) is 15.2. The fourth-order valence-corrected chi connectivity index (χ4v) is 1.57. The van der Waals surface area contributed by atoms with Gasteiger partial charge in [-0.2, -0.15) is 0 Å². The Morgan fingerprint density at radius 2 is 1.76 bits per heavy atom. The lowest BCUT2D eigenvalue weighted by Crippen LogP contribution is -3.00. The SMILES string of the molecule is Nc1cc(Cl)ccc1OCc1ccccc1.[Cl-]. The summed E-state index contributed by atoms with van der Waals surface area (Å²) in [4.78, 5) is 0. The van der Waals surface area contributed by atoms with Crippen LogP contribution in [-0.2, 0) is 6.61 Å². The molecule has 2 nitrogen and oxygen atoms in total. The Morgan fingerprint density at radius 1 is 1.06 bits per heavy atom. The highest BCUT2D eigenvalue weighted by atomic mass is 35.5. The lowest BCUT2D eigenvalue weighted by atomic mass is 10.2. The van der Waals surface area contributed by atoms with Crippen molar-refractivity contribution in [3.8, 4) is 5.75 Å². The Balaban J connectivity index is 0.00000144. The third kappa shape index (κ3) is 3.84. The molecule has 0 aliphatic heterocycles. The van der Waals surface area contributed by atoms with Crippen LogP contribution in [0.5, 0.6) is 5.75 Å². The minimum atomic E-state index is 0. The topological polar surface area (TPSA) is 35.2 Å². The lowest BCUT2D eigenvalue weighted by molar-refractivity contribution is -0.00000346. The van der Waals surface area contributed by atoms with Crippen molar-refractivity contribution in [2.24, 2.45) is 0 Å². The average molecular weight is 269 g/mol. The van der Waals surface area contributed by atoms with Crippen LogP contribution >= 0.6 is 11.6 Å². The smallest absolute Gasteiger partial charge is 0.142 e. The number of hydrogen-bond acceptors (Lipinski definition) is 2. The Labute approximate surface area is 112 Å². The molecule has 0 saturated heterocycles. The highest BCUT2D eigenvalue weighted by Gasteiger charge is 2.01. The first-order chi connectivity index (χ1) is 7.75. The summed E-state index contributed by atoms with van der Waals surface area (Å²) in [6.45, 7) is 0.507. The summed E-state index contributed by atoms with van der Waals surface area (Å²) < 4.78 is 5.59. The molecule has 0 unspecified atom stereocenters. The summed E-state index contributed by atoms with van der Waals surface area (Å²) in [6.07, 6.45) is 0. The van der Waals surface area contributed by atoms with Gasteiger partial charge in [0.05, 0.1) is 5.69 Å². The van der Waals surface area contributed by atoms with E-state index in [9.17, 15) is 0 Å². The molecule has 0 aliphatic carbocycles. The molecule has 0 bridgehead atoms. The van der Waals surface area contributed by atoms with E-state index in [-0.39, 0.29) is 12.4 Å². The maximum Gasteiger partial charge on any atom is 0.142 e. The predicted octanol–water partition coefficient (Wildman–Crippen LogP) is 0.505. The summed E-state index contributed by atoms with van der Waals surface area (Å²) in [5.74, 6) is 0.660. The van der Waals surface area contributed by atoms with E-state index >= 15 is 0 Å². The van der Waals surface area contributed by atoms with Gasteiger partial charge in [-0.15, -0.1) is 0 Å². The monoisotopic (exact) mass is 268 g/mol. The minimum Gasteiger partial charge on any atom is -1.00 e. The van der Waals surface area contributed by atoms with Gasteiger partial charge in [-0.25, -0.2) is 0 Å². The van der Waals surface area contributed by atoms with Gasteiger partial charge in [0, 0.05) is 5.02 Å². The number of ether oxygens (including phenoxy) is 1. The number of hydrogen-bond donors (Lipinski definition) is 1. The first-order valence-corrected chi connectivity index (χ1v) is 5.35. The quantitative estimate of drug-likeness (QED) is 0.824. The minimum absolute atomic E-state index is 0. The Hall–Kier alpha value is -1.38. The molecule has 0 amide bonds. The lowest BCUT2D eigenvalue weighted by Gasteiger charge is -2.08. The maximum atomic E-state index is 5.80. The molecule has 2 aromatic rings. The highest BCUT2D eigenvalue weighted by Crippen LogP contribution is 2.25. The van der Waals surface area contributed by atoms with E-state index in [4.69, 9.17) is 22.1 Å². The molecule has 0 heterocycles. The van der Waals surface area contributed by atoms with Gasteiger partial charge in [-0.1, -0.05) is 41.9 Å². The molecule has 0 atom stereocenters. The molecule has 2 aromatic carbocycles. The molecule has 2 rings (SSSR count). The van der Waals surface area contributed by atoms with Gasteiger partial charge in [0.2, 0.25) is 0 Å². The van der Waals surface area contributed by atoms with Crippen molar-refractivity contribution < 1.29 is 17.1 Å². The van der Waals surface area contributed by atoms with Gasteiger partial charge in [0.15, 0.2) is 0 Å². The van der Waals surface area contributed by atoms with Gasteiger partial charge in [-0.3, -0.25) is 0 Å². The zero-order chi connectivity index (χ0) is 11.4. The van der Waals surface area contributed by atoms with Crippen molar-refractivity contribution in [2.75, 3.05) is 5.73 Å². The molecule has 17 heavy (non-hydrogen) atoms. The molecule has 90 valence electrons. The summed E-state index contributed by atoms with van der Waals surface area (Å²) in [5, 5.41) is 0.615. The van der Waals surface area contributed by atoms with Crippen LogP contribution < -0.4 is 22.9 Å². The second-order valence-electron chi connectivity index (χ2n) is 3.46. The third-order valence-electron chi connectivity index (χ3n) is 2.21. The van der Waals surface area contributed by atoms with Crippen LogP contribution in [0.3, 0.4) is 0 Å². The molecule has 0 fully saturated rings. The normalized spacial score (nSPS) is 9.47. The summed E-state index contributed by atoms with van der Waals surface area (Å²) in [5.41, 5.74) is 7.44. The highest BCUT2D eigenvalue weighted by molar-refractivity contribution is 6.30. The Bertz CT molecular complexity index is 474. The second kappa shape index (κ2) is 6.38. The number of benzene rings is 2. The molecular weight excluding hydrogens is 257 g/mol. The van der Waals surface area contributed by atoms with Crippen LogP contribution in [0, 0.1) is 0 Å². The van der Waals surface area contributed by atoms with E-state index in [0.717, 1.165) is 5.56 Å². The van der Waals surface area contributed by atoms with E-state index in [1.807, 2.05) is 30.3 Å². The Morgan fingerprint density at radius 3 is 2.41 bits per heavy atom. The van der Waals surface area contributed by atoms with Crippen LogP contribution in [-0.4, -0.2) is 0 Å². The molecule has 0 spiro atoms. The van der Waals surface area contributed by atoms with Gasteiger partial charge in [0.25, 0.3) is 0 Å². The molecule has 2 N–H and O–H groups in total. The predicted molar refractivity (Wildman–Crippen MR) is 66.6 cm³/mol. The van der Waals surface area contributed by atoms with Gasteiger partial charge < -0.3 is 22.9 Å².